The van der Waals surface area contributed by atoms with Gasteiger partial charge in [0.05, 0.1) is 22.2 Å². The number of rotatable bonds is 5. The van der Waals surface area contributed by atoms with Crippen LogP contribution in [0.5, 0.6) is 0 Å². The molecule has 2 N–H and O–H groups in total. The summed E-state index contributed by atoms with van der Waals surface area (Å²) >= 11 is 12.7. The average Bonchev–Trinajstić information content (AvgIpc) is 2.73. The first-order valence-electron chi connectivity index (χ1n) is 5.42. The average molecular weight is 367 g/mol. The second-order valence-corrected chi connectivity index (χ2v) is 7.16. The number of carboxylic acids is 1. The highest BCUT2D eigenvalue weighted by Crippen LogP contribution is 2.31. The van der Waals surface area contributed by atoms with Gasteiger partial charge in [0.1, 0.15) is 4.90 Å². The third-order valence-corrected chi connectivity index (χ3v) is 5.52. The monoisotopic (exact) mass is 366 g/mol. The molecule has 6 nitrogen and oxygen atoms in total. The van der Waals surface area contributed by atoms with Crippen LogP contribution in [0.15, 0.2) is 28.5 Å². The van der Waals surface area contributed by atoms with Gasteiger partial charge in [-0.25, -0.2) is 13.4 Å². The van der Waals surface area contributed by atoms with Gasteiger partial charge in [-0.3, -0.25) is 9.52 Å². The number of carboxylic acid groups (broad SMARTS) is 1. The number of hydrogen-bond acceptors (Lipinski definition) is 5. The molecule has 0 amide bonds. The minimum atomic E-state index is -4.00. The van der Waals surface area contributed by atoms with Gasteiger partial charge < -0.3 is 5.11 Å². The van der Waals surface area contributed by atoms with Crippen molar-refractivity contribution < 1.29 is 18.3 Å². The van der Waals surface area contributed by atoms with E-state index in [4.69, 9.17) is 28.3 Å². The molecule has 0 saturated heterocycles. The molecule has 0 fully saturated rings. The molecule has 112 valence electrons. The highest BCUT2D eigenvalue weighted by Gasteiger charge is 2.23. The molecule has 21 heavy (non-hydrogen) atoms. The van der Waals surface area contributed by atoms with Crippen LogP contribution >= 0.6 is 34.5 Å². The van der Waals surface area contributed by atoms with Crippen LogP contribution in [-0.4, -0.2) is 24.5 Å². The maximum absolute atomic E-state index is 12.2. The minimum absolute atomic E-state index is 0.0164. The van der Waals surface area contributed by atoms with Gasteiger partial charge in [-0.1, -0.05) is 29.3 Å². The van der Waals surface area contributed by atoms with E-state index in [1.807, 2.05) is 0 Å². The van der Waals surface area contributed by atoms with Crippen molar-refractivity contribution in [3.63, 3.8) is 0 Å². The van der Waals surface area contributed by atoms with E-state index in [1.54, 1.807) is 0 Å². The van der Waals surface area contributed by atoms with Crippen LogP contribution < -0.4 is 4.72 Å². The van der Waals surface area contributed by atoms with Crippen LogP contribution in [-0.2, 0) is 21.2 Å². The molecule has 10 heteroatoms. The summed E-state index contributed by atoms with van der Waals surface area (Å²) in [4.78, 5) is 14.2. The fourth-order valence-electron chi connectivity index (χ4n) is 1.50. The SMILES string of the molecule is O=C(O)Cc1csc(NS(=O)(=O)c2c(Cl)cccc2Cl)n1. The summed E-state index contributed by atoms with van der Waals surface area (Å²) in [5.74, 6) is -1.05. The second-order valence-electron chi connectivity index (χ2n) is 3.87. The molecule has 0 aliphatic carbocycles. The lowest BCUT2D eigenvalue weighted by Crippen LogP contribution is -2.14. The van der Waals surface area contributed by atoms with Gasteiger partial charge in [0, 0.05) is 5.38 Å². The van der Waals surface area contributed by atoms with Gasteiger partial charge in [-0.2, -0.15) is 0 Å². The molecule has 2 rings (SSSR count). The Morgan fingerprint density at radius 1 is 1.33 bits per heavy atom. The molecule has 0 saturated carbocycles. The van der Waals surface area contributed by atoms with E-state index in [-0.39, 0.29) is 32.2 Å². The van der Waals surface area contributed by atoms with Gasteiger partial charge in [0.25, 0.3) is 10.0 Å². The minimum Gasteiger partial charge on any atom is -0.481 e. The standard InChI is InChI=1S/C11H8Cl2N2O4S2/c12-7-2-1-3-8(13)10(7)21(18,19)15-11-14-6(5-20-11)4-9(16)17/h1-3,5H,4H2,(H,14,15)(H,16,17). The Balaban J connectivity index is 2.29. The number of aliphatic carboxylic acids is 1. The number of benzene rings is 1. The van der Waals surface area contributed by atoms with Gasteiger partial charge in [-0.05, 0) is 12.1 Å². The van der Waals surface area contributed by atoms with E-state index in [0.717, 1.165) is 11.3 Å². The molecular weight excluding hydrogens is 359 g/mol. The van der Waals surface area contributed by atoms with Gasteiger partial charge in [-0.15, -0.1) is 11.3 Å². The summed E-state index contributed by atoms with van der Waals surface area (Å²) in [5, 5.41) is 10.1. The zero-order valence-corrected chi connectivity index (χ0v) is 13.4. The Hall–Kier alpha value is -1.35. The van der Waals surface area contributed by atoms with Crippen molar-refractivity contribution in [2.45, 2.75) is 11.3 Å². The predicted molar refractivity (Wildman–Crippen MR) is 80.7 cm³/mol. The molecule has 0 aliphatic rings. The Labute approximate surface area is 134 Å². The van der Waals surface area contributed by atoms with Crippen molar-refractivity contribution in [2.24, 2.45) is 0 Å². The largest absolute Gasteiger partial charge is 0.481 e. The van der Waals surface area contributed by atoms with E-state index in [2.05, 4.69) is 9.71 Å². The van der Waals surface area contributed by atoms with Crippen molar-refractivity contribution in [1.29, 1.82) is 0 Å². The Kier molecular flexibility index (Phi) is 4.72. The molecule has 0 spiro atoms. The number of sulfonamides is 1. The lowest BCUT2D eigenvalue weighted by Gasteiger charge is -2.08. The number of aromatic nitrogens is 1. The summed E-state index contributed by atoms with van der Waals surface area (Å²) in [7, 11) is -4.00. The first kappa shape index (κ1) is 16.0. The number of nitrogens with zero attached hydrogens (tertiary/aromatic N) is 1. The van der Waals surface area contributed by atoms with E-state index < -0.39 is 16.0 Å². The maximum Gasteiger partial charge on any atom is 0.309 e. The highest BCUT2D eigenvalue weighted by atomic mass is 35.5. The molecule has 1 aromatic heterocycles. The number of thiazole rings is 1. The smallest absolute Gasteiger partial charge is 0.309 e. The molecule has 0 aliphatic heterocycles. The van der Waals surface area contributed by atoms with E-state index in [0.29, 0.717) is 0 Å². The van der Waals surface area contributed by atoms with Gasteiger partial charge >= 0.3 is 5.97 Å². The van der Waals surface area contributed by atoms with E-state index >= 15 is 0 Å². The maximum atomic E-state index is 12.2. The quantitative estimate of drug-likeness (QED) is 0.847. The van der Waals surface area contributed by atoms with Crippen molar-refractivity contribution in [1.82, 2.24) is 4.98 Å². The molecule has 0 unspecified atom stereocenters. The Morgan fingerprint density at radius 2 is 1.95 bits per heavy atom. The zero-order valence-electron chi connectivity index (χ0n) is 10.2. The molecule has 0 radical (unpaired) electrons. The predicted octanol–water partition coefficient (Wildman–Crippen LogP) is 2.88. The van der Waals surface area contributed by atoms with Gasteiger partial charge in [0.15, 0.2) is 5.13 Å². The molecule has 1 heterocycles. The number of hydrogen-bond donors (Lipinski definition) is 2. The third-order valence-electron chi connectivity index (χ3n) is 2.29. The number of anilines is 1. The lowest BCUT2D eigenvalue weighted by molar-refractivity contribution is -0.136. The molecule has 2 aromatic rings. The number of nitrogens with one attached hydrogen (secondary N) is 1. The van der Waals surface area contributed by atoms with Crippen molar-refractivity contribution in [3.8, 4) is 0 Å². The van der Waals surface area contributed by atoms with Crippen LogP contribution in [0.3, 0.4) is 0 Å². The van der Waals surface area contributed by atoms with Crippen LogP contribution in [0.1, 0.15) is 5.69 Å². The number of carbonyl (C=O) groups is 1. The zero-order chi connectivity index (χ0) is 15.6. The van der Waals surface area contributed by atoms with Crippen LogP contribution in [0, 0.1) is 0 Å². The fourth-order valence-corrected chi connectivity index (χ4v) is 4.60. The normalized spacial score (nSPS) is 11.3. The first-order chi connectivity index (χ1) is 9.79. The summed E-state index contributed by atoms with van der Waals surface area (Å²) in [6.07, 6.45) is -0.287. The van der Waals surface area contributed by atoms with E-state index in [9.17, 15) is 13.2 Å². The second kappa shape index (κ2) is 6.18. The highest BCUT2D eigenvalue weighted by molar-refractivity contribution is 7.93. The molecule has 1 aromatic carbocycles. The topological polar surface area (TPSA) is 96.4 Å². The summed E-state index contributed by atoms with van der Waals surface area (Å²) in [5.41, 5.74) is 0.260. The van der Waals surface area contributed by atoms with Crippen LogP contribution in [0.2, 0.25) is 10.0 Å². The van der Waals surface area contributed by atoms with Crippen molar-refractivity contribution >= 4 is 55.7 Å². The summed E-state index contributed by atoms with van der Waals surface area (Å²) in [6, 6.07) is 4.33. The Morgan fingerprint density at radius 3 is 2.52 bits per heavy atom. The molecule has 0 bridgehead atoms. The Bertz CT molecular complexity index is 769. The van der Waals surface area contributed by atoms with Crippen molar-refractivity contribution in [2.75, 3.05) is 4.72 Å². The third kappa shape index (κ3) is 3.85. The fraction of sp³-hybridized carbons (Fsp3) is 0.0909. The summed E-state index contributed by atoms with van der Waals surface area (Å²) in [6.45, 7) is 0. The lowest BCUT2D eigenvalue weighted by atomic mass is 10.3. The van der Waals surface area contributed by atoms with Gasteiger partial charge in [0.2, 0.25) is 0 Å². The van der Waals surface area contributed by atoms with Crippen LogP contribution in [0.25, 0.3) is 0 Å². The number of halogens is 2. The van der Waals surface area contributed by atoms with Crippen LogP contribution in [0.4, 0.5) is 5.13 Å². The first-order valence-corrected chi connectivity index (χ1v) is 8.54. The summed E-state index contributed by atoms with van der Waals surface area (Å²) < 4.78 is 26.7. The van der Waals surface area contributed by atoms with Crippen molar-refractivity contribution in [3.05, 3.63) is 39.3 Å². The molecule has 0 atom stereocenters. The molecular formula is C11H8Cl2N2O4S2. The van der Waals surface area contributed by atoms with E-state index in [1.165, 1.54) is 23.6 Å².